The zero-order valence-corrected chi connectivity index (χ0v) is 57.7. The summed E-state index contributed by atoms with van der Waals surface area (Å²) in [6.45, 7) is 24.6. The van der Waals surface area contributed by atoms with Gasteiger partial charge in [0, 0.05) is 43.7 Å². The molecule has 6 unspecified atom stereocenters. The van der Waals surface area contributed by atoms with Gasteiger partial charge in [0.2, 0.25) is 11.8 Å². The molecule has 13 nitrogen and oxygen atoms in total. The molecule has 0 spiro atoms. The van der Waals surface area contributed by atoms with E-state index in [1.54, 1.807) is 0 Å². The van der Waals surface area contributed by atoms with E-state index >= 15 is 0 Å². The highest BCUT2D eigenvalue weighted by Crippen LogP contribution is 2.21. The lowest BCUT2D eigenvalue weighted by atomic mass is 9.96. The van der Waals surface area contributed by atoms with Gasteiger partial charge in [-0.3, -0.25) is 9.59 Å². The van der Waals surface area contributed by atoms with E-state index in [1.165, 1.54) is 212 Å². The Morgan fingerprint density at radius 1 is 0.376 bits per heavy atom. The van der Waals surface area contributed by atoms with E-state index in [1.807, 2.05) is 0 Å². The quantitative estimate of drug-likeness (QED) is 0.0162. The molecule has 0 aromatic carbocycles. The summed E-state index contributed by atoms with van der Waals surface area (Å²) in [5.41, 5.74) is 23.2. The minimum Gasteiger partial charge on any atom is -0.355 e. The van der Waals surface area contributed by atoms with Crippen LogP contribution in [0, 0.1) is 17.8 Å². The monoisotopic (exact) mass is 1200 g/mol. The molecule has 0 aliphatic rings. The average molecular weight is 1200 g/mol. The number of rotatable bonds is 68. The fourth-order valence-corrected chi connectivity index (χ4v) is 12.6. The number of nitrogens with two attached hydrogens (primary N) is 4. The molecule has 0 aromatic rings. The first-order valence-corrected chi connectivity index (χ1v) is 36.9. The van der Waals surface area contributed by atoms with Gasteiger partial charge in [0.1, 0.15) is 0 Å². The van der Waals surface area contributed by atoms with Gasteiger partial charge in [-0.15, -0.1) is 0 Å². The number of unbranched alkanes of at least 4 members (excludes halogenated alkanes) is 25. The van der Waals surface area contributed by atoms with Crippen LogP contribution < -0.4 is 49.5 Å². The highest BCUT2D eigenvalue weighted by molar-refractivity contribution is 5.81. The number of quaternary nitrogens is 2. The summed E-state index contributed by atoms with van der Waals surface area (Å²) in [7, 11) is 5.02. The predicted octanol–water partition coefficient (Wildman–Crippen LogP) is 13.3. The number of hydrogen-bond donors (Lipinski definition) is 9. The van der Waals surface area contributed by atoms with Crippen LogP contribution in [0.25, 0.3) is 0 Å². The molecule has 0 radical (unpaired) electrons. The fraction of sp³-hybridized carbons (Fsp3) is 0.917. The molecule has 0 aliphatic heterocycles. The smallest absolute Gasteiger partial charge is 0.237 e. The van der Waals surface area contributed by atoms with Crippen LogP contribution in [-0.4, -0.2) is 152 Å². The van der Waals surface area contributed by atoms with Crippen LogP contribution in [-0.2, 0) is 9.59 Å². The van der Waals surface area contributed by atoms with Crippen LogP contribution in [0.5, 0.6) is 0 Å². The standard InChI is InChI=1S/C72H149N11O2/c1-7-9-11-13-15-17-19-21-23-25-27-29-31-33-35-37-59-82(5,65-67(3)63-80-71(84)69(47-41-50-73)48-42-54-77-56-44-51-74)61-39-40-62-83(6,60-38-36-34-32-30-28-26-24-22-20-18-16-14-12-10-8-2)66-68(4)64-81-72(85)70(79-58-46-53-76)49-43-55-78-57-45-52-75/h21-24,67-70,77-79H,7-20,25-66,73-76H2,1-6H3/p+2/b23-21-,24-22-. The number of amides is 2. The summed E-state index contributed by atoms with van der Waals surface area (Å²) >= 11 is 0. The van der Waals surface area contributed by atoms with Crippen molar-refractivity contribution in [3.05, 3.63) is 24.3 Å². The maximum atomic E-state index is 13.8. The Hall–Kier alpha value is -1.94. The lowest BCUT2D eigenvalue weighted by Crippen LogP contribution is -2.52. The zero-order chi connectivity index (χ0) is 62.4. The summed E-state index contributed by atoms with van der Waals surface area (Å²) in [6.07, 6.45) is 57.5. The molecule has 6 atom stereocenters. The molecule has 2 amide bonds. The van der Waals surface area contributed by atoms with Crippen LogP contribution >= 0.6 is 0 Å². The third kappa shape index (κ3) is 54.7. The summed E-state index contributed by atoms with van der Waals surface area (Å²) in [5.74, 6) is 1.09. The largest absolute Gasteiger partial charge is 0.355 e. The van der Waals surface area contributed by atoms with Crippen LogP contribution in [0.1, 0.15) is 278 Å². The van der Waals surface area contributed by atoms with Gasteiger partial charge >= 0.3 is 0 Å². The summed E-state index contributed by atoms with van der Waals surface area (Å²) < 4.78 is 2.13. The molecule has 85 heavy (non-hydrogen) atoms. The first kappa shape index (κ1) is 83.1. The van der Waals surface area contributed by atoms with Crippen LogP contribution in [0.4, 0.5) is 0 Å². The molecule has 0 fully saturated rings. The van der Waals surface area contributed by atoms with Crippen molar-refractivity contribution >= 4 is 11.8 Å². The molecule has 0 rings (SSSR count). The van der Waals surface area contributed by atoms with Crippen molar-refractivity contribution in [1.29, 1.82) is 0 Å². The third-order valence-electron chi connectivity index (χ3n) is 17.9. The zero-order valence-electron chi connectivity index (χ0n) is 57.7. The van der Waals surface area contributed by atoms with E-state index in [4.69, 9.17) is 22.9 Å². The normalized spacial score (nSPS) is 14.9. The van der Waals surface area contributed by atoms with Gasteiger partial charge in [0.15, 0.2) is 0 Å². The third-order valence-corrected chi connectivity index (χ3v) is 17.9. The highest BCUT2D eigenvalue weighted by Gasteiger charge is 2.29. The van der Waals surface area contributed by atoms with Crippen molar-refractivity contribution < 1.29 is 18.6 Å². The van der Waals surface area contributed by atoms with Crippen LogP contribution in [0.3, 0.4) is 0 Å². The van der Waals surface area contributed by atoms with Gasteiger partial charge in [-0.1, -0.05) is 155 Å². The van der Waals surface area contributed by atoms with Gasteiger partial charge < -0.3 is 58.5 Å². The first-order chi connectivity index (χ1) is 41.4. The molecular weight excluding hydrogens is 1050 g/mol. The van der Waals surface area contributed by atoms with E-state index in [0.717, 1.165) is 126 Å². The van der Waals surface area contributed by atoms with Crippen LogP contribution in [0.2, 0.25) is 0 Å². The Morgan fingerprint density at radius 2 is 0.694 bits per heavy atom. The first-order valence-electron chi connectivity index (χ1n) is 36.9. The number of nitrogens with zero attached hydrogens (tertiary/aromatic N) is 2. The molecule has 13 N–H and O–H groups in total. The van der Waals surface area contributed by atoms with Crippen molar-refractivity contribution in [1.82, 2.24) is 26.6 Å². The van der Waals surface area contributed by atoms with Crippen molar-refractivity contribution in [2.45, 2.75) is 284 Å². The second-order valence-electron chi connectivity index (χ2n) is 27.1. The minimum atomic E-state index is -0.205. The van der Waals surface area contributed by atoms with Gasteiger partial charge in [0.05, 0.1) is 59.4 Å². The lowest BCUT2D eigenvalue weighted by Gasteiger charge is -2.39. The van der Waals surface area contributed by atoms with Crippen molar-refractivity contribution in [3.63, 3.8) is 0 Å². The van der Waals surface area contributed by atoms with Crippen molar-refractivity contribution in [3.8, 4) is 0 Å². The SMILES string of the molecule is CCCCCCCC/C=C\CCCCCCCC[N+](C)(CCCC[N+](C)(CCCCCCCC/C=C\CCCCCCCC)CC(C)CNC(=O)C(CCCNCCCN)NCCCN)CC(C)CNC(=O)C(CCCN)CCCNCCCN. The number of carbonyl (C=O) groups excluding carboxylic acids is 2. The fourth-order valence-electron chi connectivity index (χ4n) is 12.6. The second-order valence-corrected chi connectivity index (χ2v) is 27.1. The summed E-state index contributed by atoms with van der Waals surface area (Å²) in [6, 6.07) is -0.205. The van der Waals surface area contributed by atoms with E-state index in [9.17, 15) is 9.59 Å². The Balaban J connectivity index is 5.86. The molecule has 0 aromatic heterocycles. The molecule has 0 saturated heterocycles. The van der Waals surface area contributed by atoms with Crippen LogP contribution in [0.15, 0.2) is 24.3 Å². The lowest BCUT2D eigenvalue weighted by molar-refractivity contribution is -0.918. The Kier molecular flexibility index (Phi) is 60.8. The maximum Gasteiger partial charge on any atom is 0.237 e. The Labute approximate surface area is 529 Å². The Morgan fingerprint density at radius 3 is 1.09 bits per heavy atom. The molecule has 504 valence electrons. The van der Waals surface area contributed by atoms with Gasteiger partial charge in [-0.25, -0.2) is 0 Å². The van der Waals surface area contributed by atoms with Gasteiger partial charge in [-0.2, -0.15) is 0 Å². The summed E-state index contributed by atoms with van der Waals surface area (Å²) in [5, 5.41) is 17.3. The van der Waals surface area contributed by atoms with Crippen molar-refractivity contribution in [2.24, 2.45) is 40.7 Å². The molecule has 0 aliphatic carbocycles. The highest BCUT2D eigenvalue weighted by atomic mass is 16.2. The van der Waals surface area contributed by atoms with E-state index in [-0.39, 0.29) is 23.8 Å². The number of hydrogen-bond acceptors (Lipinski definition) is 9. The molecule has 13 heteroatoms. The Bertz CT molecular complexity index is 1490. The number of nitrogens with one attached hydrogen (secondary N) is 5. The minimum absolute atomic E-state index is 0.0159. The summed E-state index contributed by atoms with van der Waals surface area (Å²) in [4.78, 5) is 27.5. The second kappa shape index (κ2) is 62.3. The van der Waals surface area contributed by atoms with Crippen molar-refractivity contribution in [2.75, 3.05) is 125 Å². The van der Waals surface area contributed by atoms with Gasteiger partial charge in [-0.05, 0) is 194 Å². The molecule has 0 saturated carbocycles. The van der Waals surface area contributed by atoms with E-state index in [2.05, 4.69) is 92.7 Å². The molecule has 0 bridgehead atoms. The van der Waals surface area contributed by atoms with Gasteiger partial charge in [0.25, 0.3) is 0 Å². The van der Waals surface area contributed by atoms with E-state index < -0.39 is 0 Å². The average Bonchev–Trinajstić information content (AvgIpc) is 3.64. The molecule has 0 heterocycles. The number of carbonyl (C=O) groups is 2. The topological polar surface area (TPSA) is 198 Å². The van der Waals surface area contributed by atoms with E-state index in [0.29, 0.717) is 44.6 Å². The maximum absolute atomic E-state index is 13.8. The predicted molar refractivity (Wildman–Crippen MR) is 373 cm³/mol. The number of allylic oxidation sites excluding steroid dienone is 4. The molecular formula is C72H151N11O2+2.